The van der Waals surface area contributed by atoms with Gasteiger partial charge in [0.25, 0.3) is 0 Å². The number of ether oxygens (including phenoxy) is 3. The fraction of sp³-hybridized carbons (Fsp3) is 0.538. The van der Waals surface area contributed by atoms with Gasteiger partial charge in [0, 0.05) is 13.3 Å². The highest BCUT2D eigenvalue weighted by Crippen LogP contribution is 2.32. The normalized spacial score (nSPS) is 27.2. The number of rotatable bonds is 8. The van der Waals surface area contributed by atoms with Crippen molar-refractivity contribution in [2.45, 2.75) is 24.5 Å². The number of aromatic nitrogens is 2. The summed E-state index contributed by atoms with van der Waals surface area (Å²) in [7, 11) is 1.41. The summed E-state index contributed by atoms with van der Waals surface area (Å²) in [5.41, 5.74) is 4.87. The number of methoxy groups -OCH3 is 1. The van der Waals surface area contributed by atoms with Gasteiger partial charge in [-0.15, -0.1) is 6.58 Å². The lowest BCUT2D eigenvalue weighted by molar-refractivity contribution is -0.512. The van der Waals surface area contributed by atoms with Gasteiger partial charge in [0.2, 0.25) is 0 Å². The van der Waals surface area contributed by atoms with Crippen molar-refractivity contribution in [2.24, 2.45) is 0 Å². The van der Waals surface area contributed by atoms with Crippen LogP contribution < -0.4 is 11.4 Å². The highest BCUT2D eigenvalue weighted by Gasteiger charge is 2.48. The molecule has 0 radical (unpaired) electrons. The van der Waals surface area contributed by atoms with E-state index in [1.165, 1.54) is 23.9 Å². The summed E-state index contributed by atoms with van der Waals surface area (Å²) in [6, 6.07) is 1.46. The molecule has 3 N–H and O–H groups in total. The molecule has 0 aromatic carbocycles. The van der Waals surface area contributed by atoms with Crippen molar-refractivity contribution in [3.63, 3.8) is 0 Å². The van der Waals surface area contributed by atoms with Crippen LogP contribution in [0.5, 0.6) is 0 Å². The number of nitrogen functional groups attached to an aromatic ring is 1. The maximum absolute atomic E-state index is 12.0. The zero-order valence-electron chi connectivity index (χ0n) is 12.5. The van der Waals surface area contributed by atoms with Crippen LogP contribution in [-0.2, 0) is 24.1 Å². The molecule has 1 aliphatic rings. The summed E-state index contributed by atoms with van der Waals surface area (Å²) >= 11 is 0. The molecule has 0 spiro atoms. The summed E-state index contributed by atoms with van der Waals surface area (Å²) in [6.07, 6.45) is -0.0652. The Labute approximate surface area is 131 Å². The highest BCUT2D eigenvalue weighted by atomic mass is 17.5. The average Bonchev–Trinajstić information content (AvgIpc) is 2.86. The fourth-order valence-corrected chi connectivity index (χ4v) is 2.37. The Morgan fingerprint density at radius 3 is 2.96 bits per heavy atom. The molecule has 0 aliphatic carbocycles. The molecule has 0 amide bonds. The van der Waals surface area contributed by atoms with E-state index in [4.69, 9.17) is 30.1 Å². The van der Waals surface area contributed by atoms with E-state index in [1.807, 2.05) is 0 Å². The number of nitrogens with two attached hydrogens (primary N) is 1. The summed E-state index contributed by atoms with van der Waals surface area (Å²) < 4.78 is 17.6. The molecule has 1 aromatic heterocycles. The molecule has 1 fully saturated rings. The van der Waals surface area contributed by atoms with Gasteiger partial charge in [-0.2, -0.15) is 9.87 Å². The number of nitrogens with zero attached hydrogens (tertiary/aromatic N) is 2. The van der Waals surface area contributed by atoms with E-state index < -0.39 is 30.2 Å². The third-order valence-electron chi connectivity index (χ3n) is 3.36. The maximum Gasteiger partial charge on any atom is 0.351 e. The van der Waals surface area contributed by atoms with Crippen LogP contribution in [0.4, 0.5) is 5.82 Å². The molecule has 0 saturated carbocycles. The van der Waals surface area contributed by atoms with Crippen molar-refractivity contribution in [3.05, 3.63) is 35.4 Å². The largest absolute Gasteiger partial charge is 0.383 e. The zero-order chi connectivity index (χ0) is 16.8. The van der Waals surface area contributed by atoms with Crippen LogP contribution >= 0.6 is 0 Å². The average molecular weight is 329 g/mol. The van der Waals surface area contributed by atoms with Gasteiger partial charge in [-0.3, -0.25) is 4.57 Å². The summed E-state index contributed by atoms with van der Waals surface area (Å²) in [5.74, 6) is 0.0931. The Hall–Kier alpha value is -1.82. The van der Waals surface area contributed by atoms with Crippen LogP contribution in [0.3, 0.4) is 0 Å². The van der Waals surface area contributed by atoms with Crippen LogP contribution in [0.2, 0.25) is 0 Å². The molecule has 10 heteroatoms. The monoisotopic (exact) mass is 329 g/mol. The molecule has 10 nitrogen and oxygen atoms in total. The molecule has 4 atom stereocenters. The Morgan fingerprint density at radius 2 is 2.35 bits per heavy atom. The van der Waals surface area contributed by atoms with Crippen molar-refractivity contribution >= 4 is 5.82 Å². The molecule has 2 rings (SSSR count). The Bertz CT molecular complexity index is 579. The Morgan fingerprint density at radius 1 is 1.57 bits per heavy atom. The van der Waals surface area contributed by atoms with Crippen LogP contribution in [0.25, 0.3) is 0 Å². The van der Waals surface area contributed by atoms with E-state index in [0.717, 1.165) is 0 Å². The highest BCUT2D eigenvalue weighted by molar-refractivity contribution is 5.23. The summed E-state index contributed by atoms with van der Waals surface area (Å²) in [4.78, 5) is 20.4. The number of hydrogen-bond acceptors (Lipinski definition) is 9. The minimum absolute atomic E-state index is 0.0931. The van der Waals surface area contributed by atoms with E-state index in [-0.39, 0.29) is 12.4 Å². The van der Waals surface area contributed by atoms with E-state index in [0.29, 0.717) is 6.61 Å². The summed E-state index contributed by atoms with van der Waals surface area (Å²) in [6.45, 7) is 3.96. The topological polar surface area (TPSA) is 127 Å². The number of anilines is 1. The maximum atomic E-state index is 12.0. The fourth-order valence-electron chi connectivity index (χ4n) is 2.37. The first-order valence-corrected chi connectivity index (χ1v) is 6.80. The first-order chi connectivity index (χ1) is 11.1. The minimum Gasteiger partial charge on any atom is -0.383 e. The van der Waals surface area contributed by atoms with E-state index in [1.54, 1.807) is 6.08 Å². The smallest absolute Gasteiger partial charge is 0.351 e. The standard InChI is InChI=1S/C13H19N3O7/c1-3-6-20-7-8-10(22-23-18)11(19-2)12(21-8)16-5-4-9(14)15-13(16)17/h3-5,8,10-12,18H,1,6-7H2,2H3,(H2,14,15,17)/t8-,10-,11-,12-/m1/s1. The predicted octanol–water partition coefficient (Wildman–Crippen LogP) is -0.270. The molecule has 1 aliphatic heterocycles. The summed E-state index contributed by atoms with van der Waals surface area (Å²) in [5, 5.41) is 12.4. The quantitative estimate of drug-likeness (QED) is 0.287. The molecule has 128 valence electrons. The van der Waals surface area contributed by atoms with Gasteiger partial charge in [-0.25, -0.2) is 10.1 Å². The SMILES string of the molecule is C=CCOC[C@H]1O[C@@H](n2ccc(N)nc2=O)[C@H](OC)[C@@H]1OOO. The molecular weight excluding hydrogens is 310 g/mol. The van der Waals surface area contributed by atoms with Gasteiger partial charge < -0.3 is 19.9 Å². The molecule has 2 heterocycles. The van der Waals surface area contributed by atoms with Crippen molar-refractivity contribution in [2.75, 3.05) is 26.1 Å². The molecule has 1 aromatic rings. The molecule has 0 bridgehead atoms. The third kappa shape index (κ3) is 3.93. The third-order valence-corrected chi connectivity index (χ3v) is 3.36. The second-order valence-corrected chi connectivity index (χ2v) is 4.77. The first-order valence-electron chi connectivity index (χ1n) is 6.80. The zero-order valence-corrected chi connectivity index (χ0v) is 12.5. The Kier molecular flexibility index (Phi) is 6.21. The van der Waals surface area contributed by atoms with Gasteiger partial charge in [0.1, 0.15) is 18.0 Å². The van der Waals surface area contributed by atoms with Crippen molar-refractivity contribution in [1.29, 1.82) is 0 Å². The lowest BCUT2D eigenvalue weighted by atomic mass is 10.1. The lowest BCUT2D eigenvalue weighted by Gasteiger charge is -2.21. The first kappa shape index (κ1) is 17.5. The van der Waals surface area contributed by atoms with Crippen molar-refractivity contribution < 1.29 is 29.4 Å². The Balaban J connectivity index is 2.24. The van der Waals surface area contributed by atoms with Crippen LogP contribution in [0.1, 0.15) is 6.23 Å². The molecular formula is C13H19N3O7. The second-order valence-electron chi connectivity index (χ2n) is 4.77. The molecule has 23 heavy (non-hydrogen) atoms. The van der Waals surface area contributed by atoms with Gasteiger partial charge >= 0.3 is 5.69 Å². The van der Waals surface area contributed by atoms with E-state index >= 15 is 0 Å². The van der Waals surface area contributed by atoms with E-state index in [9.17, 15) is 4.79 Å². The predicted molar refractivity (Wildman–Crippen MR) is 77.2 cm³/mol. The van der Waals surface area contributed by atoms with Gasteiger partial charge in [-0.05, 0) is 6.07 Å². The van der Waals surface area contributed by atoms with Gasteiger partial charge in [0.05, 0.1) is 13.2 Å². The lowest BCUT2D eigenvalue weighted by Crippen LogP contribution is -2.39. The minimum atomic E-state index is -0.849. The van der Waals surface area contributed by atoms with Crippen LogP contribution in [0.15, 0.2) is 29.7 Å². The van der Waals surface area contributed by atoms with Crippen molar-refractivity contribution in [1.82, 2.24) is 9.55 Å². The molecule has 0 unspecified atom stereocenters. The molecule has 1 saturated heterocycles. The van der Waals surface area contributed by atoms with Gasteiger partial charge in [0.15, 0.2) is 12.3 Å². The van der Waals surface area contributed by atoms with E-state index in [2.05, 4.69) is 16.6 Å². The van der Waals surface area contributed by atoms with Crippen LogP contribution in [0, 0.1) is 0 Å². The van der Waals surface area contributed by atoms with Gasteiger partial charge in [-0.1, -0.05) is 11.1 Å². The van der Waals surface area contributed by atoms with Crippen LogP contribution in [-0.4, -0.2) is 53.4 Å². The van der Waals surface area contributed by atoms with Crippen molar-refractivity contribution in [3.8, 4) is 0 Å². The second kappa shape index (κ2) is 8.15. The number of hydrogen-bond donors (Lipinski definition) is 2.